The number of imidazole rings is 1. The molecule has 0 spiro atoms. The molecule has 7 rings (SSSR count). The summed E-state index contributed by atoms with van der Waals surface area (Å²) < 4.78 is 19.2. The molecule has 3 aromatic heterocycles. The van der Waals surface area contributed by atoms with Crippen molar-refractivity contribution in [1.82, 2.24) is 4.57 Å². The highest BCUT2D eigenvalue weighted by atomic mass is 16.5. The topological polar surface area (TPSA) is 109 Å². The van der Waals surface area contributed by atoms with Crippen molar-refractivity contribution in [3.63, 3.8) is 0 Å². The fraction of sp³-hybridized carbons (Fsp3) is 0.178. The van der Waals surface area contributed by atoms with Gasteiger partial charge >= 0.3 is 11.6 Å². The summed E-state index contributed by atoms with van der Waals surface area (Å²) in [6.45, 7) is 3.44. The van der Waals surface area contributed by atoms with E-state index in [1.807, 2.05) is 133 Å². The lowest BCUT2D eigenvalue weighted by Gasteiger charge is -2.07. The largest absolute Gasteiger partial charge is 0.497 e. The lowest BCUT2D eigenvalue weighted by Crippen LogP contribution is -2.38. The first-order valence-corrected chi connectivity index (χ1v) is 19.0. The van der Waals surface area contributed by atoms with Gasteiger partial charge in [-0.15, -0.1) is 0 Å². The van der Waals surface area contributed by atoms with E-state index in [9.17, 15) is 0 Å². The van der Waals surface area contributed by atoms with E-state index in [1.165, 1.54) is 0 Å². The molecule has 0 unspecified atom stereocenters. The van der Waals surface area contributed by atoms with E-state index < -0.39 is 0 Å². The number of azo groups is 2. The molecule has 0 atom stereocenters. The number of benzene rings is 4. The second kappa shape index (κ2) is 19.4. The molecule has 0 aliphatic heterocycles. The van der Waals surface area contributed by atoms with Crippen molar-refractivity contribution in [2.24, 2.45) is 20.5 Å². The summed E-state index contributed by atoms with van der Waals surface area (Å²) in [6.07, 6.45) is 12.5. The average Bonchev–Trinajstić information content (AvgIpc) is 3.72. The number of hydrogen-bond donors (Lipinski definition) is 2. The Kier molecular flexibility index (Phi) is 13.0. The number of aryl methyl sites for hydroxylation is 4. The summed E-state index contributed by atoms with van der Waals surface area (Å²) in [4.78, 5) is 0. The number of rotatable bonds is 18. The van der Waals surface area contributed by atoms with Gasteiger partial charge in [0.15, 0.2) is 0 Å². The Hall–Kier alpha value is -7.21. The molecule has 12 heteroatoms. The normalized spacial score (nSPS) is 11.3. The third-order valence-electron chi connectivity index (χ3n) is 9.24. The van der Waals surface area contributed by atoms with Gasteiger partial charge in [-0.1, -0.05) is 12.1 Å². The zero-order valence-corrected chi connectivity index (χ0v) is 32.2. The minimum absolute atomic E-state index is 0.787. The predicted octanol–water partition coefficient (Wildman–Crippen LogP) is 9.87. The van der Waals surface area contributed by atoms with Gasteiger partial charge < -0.3 is 20.1 Å². The minimum Gasteiger partial charge on any atom is -0.497 e. The zero-order valence-electron chi connectivity index (χ0n) is 32.2. The van der Waals surface area contributed by atoms with E-state index in [2.05, 4.69) is 80.5 Å². The molecule has 0 aliphatic rings. The zero-order chi connectivity index (χ0) is 39.1. The molecule has 0 saturated carbocycles. The van der Waals surface area contributed by atoms with Crippen LogP contribution >= 0.6 is 0 Å². The predicted molar refractivity (Wildman–Crippen MR) is 221 cm³/mol. The fourth-order valence-corrected chi connectivity index (χ4v) is 6.17. The third-order valence-corrected chi connectivity index (χ3v) is 9.24. The summed E-state index contributed by atoms with van der Waals surface area (Å²) >= 11 is 0. The molecule has 12 nitrogen and oxygen atoms in total. The first-order chi connectivity index (χ1) is 28.1. The molecule has 2 N–H and O–H groups in total. The van der Waals surface area contributed by atoms with Crippen molar-refractivity contribution in [1.29, 1.82) is 0 Å². The number of nitrogens with zero attached hydrogens (tertiary/aromatic N) is 8. The molecule has 0 amide bonds. The lowest BCUT2D eigenvalue weighted by atomic mass is 10.2. The van der Waals surface area contributed by atoms with E-state index in [0.717, 1.165) is 96.3 Å². The van der Waals surface area contributed by atoms with Crippen LogP contribution in [-0.2, 0) is 26.2 Å². The van der Waals surface area contributed by atoms with Crippen molar-refractivity contribution in [3.8, 4) is 11.5 Å². The Morgan fingerprint density at radius 2 is 0.947 bits per heavy atom. The number of hydrogen-bond acceptors (Lipinski definition) is 8. The van der Waals surface area contributed by atoms with E-state index in [4.69, 9.17) is 9.47 Å². The minimum atomic E-state index is 0.787. The maximum atomic E-state index is 5.24. The van der Waals surface area contributed by atoms with Crippen LogP contribution in [0.2, 0.25) is 0 Å². The molecule has 286 valence electrons. The summed E-state index contributed by atoms with van der Waals surface area (Å²) in [5.74, 6) is 3.28. The standard InChI is InChI=1S/C45H45N10O2/c1-56-42-23-19-38(20-24-42)46-36-11-15-40(16-12-36)48-50-44-9-3-5-29-54(44)31-7-27-52-33-34-53(35-52)28-8-32-55-30-6-4-10-45(55)51-49-41-17-13-37(14-18-41)47-39-21-25-43(57-2)26-22-39/h3-6,9-26,29-30,33-35H,7-8,27-28,31-32H2,1-2H3/q+1/p+2. The SMILES string of the molecule is COc1ccc(Nc2ccc(/N=N/c3cccc[n+]3CCCn3cc[n+](CCC[n+]4ccccc4/N=N/c4ccc(Nc5ccc(OC)cc5)cc4)c3)cc2)cc1. The van der Waals surface area contributed by atoms with Gasteiger partial charge in [-0.05, 0) is 119 Å². The molecule has 0 radical (unpaired) electrons. The maximum absolute atomic E-state index is 5.24. The van der Waals surface area contributed by atoms with Crippen molar-refractivity contribution in [2.75, 3.05) is 24.9 Å². The van der Waals surface area contributed by atoms with Gasteiger partial charge in [0, 0.05) is 47.7 Å². The van der Waals surface area contributed by atoms with Crippen LogP contribution in [0.3, 0.4) is 0 Å². The van der Waals surface area contributed by atoms with Crippen LogP contribution in [-0.4, -0.2) is 18.8 Å². The van der Waals surface area contributed by atoms with Crippen LogP contribution in [0.25, 0.3) is 0 Å². The molecule has 0 bridgehead atoms. The van der Waals surface area contributed by atoms with Crippen LogP contribution in [0.15, 0.2) is 185 Å². The molecule has 57 heavy (non-hydrogen) atoms. The van der Waals surface area contributed by atoms with E-state index >= 15 is 0 Å². The highest BCUT2D eigenvalue weighted by Gasteiger charge is 2.13. The molecule has 0 saturated heterocycles. The lowest BCUT2D eigenvalue weighted by molar-refractivity contribution is -0.721. The molecular weight excluding hydrogens is 713 g/mol. The maximum Gasteiger partial charge on any atom is 0.350 e. The molecule has 0 aliphatic carbocycles. The van der Waals surface area contributed by atoms with Crippen molar-refractivity contribution >= 4 is 45.8 Å². The smallest absolute Gasteiger partial charge is 0.350 e. The quantitative estimate of drug-likeness (QED) is 0.0671. The number of nitrogens with one attached hydrogen (secondary N) is 2. The highest BCUT2D eigenvalue weighted by molar-refractivity contribution is 5.63. The third kappa shape index (κ3) is 11.2. The Labute approximate surface area is 333 Å². The van der Waals surface area contributed by atoms with Gasteiger partial charge in [0.1, 0.15) is 35.3 Å². The summed E-state index contributed by atoms with van der Waals surface area (Å²) in [5.41, 5.74) is 5.49. The molecule has 7 aromatic rings. The summed E-state index contributed by atoms with van der Waals surface area (Å²) in [5, 5.41) is 25.0. The van der Waals surface area contributed by atoms with Gasteiger partial charge in [-0.25, -0.2) is 18.3 Å². The van der Waals surface area contributed by atoms with E-state index in [-0.39, 0.29) is 0 Å². The second-order valence-corrected chi connectivity index (χ2v) is 13.3. The molecule has 3 heterocycles. The number of anilines is 4. The van der Waals surface area contributed by atoms with Gasteiger partial charge in [0.2, 0.25) is 6.33 Å². The van der Waals surface area contributed by atoms with E-state index in [0.29, 0.717) is 0 Å². The van der Waals surface area contributed by atoms with Gasteiger partial charge in [-0.2, -0.15) is 0 Å². The fourth-order valence-electron chi connectivity index (χ4n) is 6.17. The van der Waals surface area contributed by atoms with Gasteiger partial charge in [0.25, 0.3) is 0 Å². The first kappa shape index (κ1) is 38.1. The summed E-state index contributed by atoms with van der Waals surface area (Å²) in [6, 6.07) is 43.5. The number of aromatic nitrogens is 4. The Bertz CT molecular complexity index is 2210. The Balaban J connectivity index is 0.855. The van der Waals surface area contributed by atoms with Crippen molar-refractivity contribution in [2.45, 2.75) is 39.0 Å². The van der Waals surface area contributed by atoms with Gasteiger partial charge in [-0.3, -0.25) is 0 Å². The van der Waals surface area contributed by atoms with Crippen molar-refractivity contribution in [3.05, 3.63) is 165 Å². The highest BCUT2D eigenvalue weighted by Crippen LogP contribution is 2.25. The average molecular weight is 760 g/mol. The van der Waals surface area contributed by atoms with Crippen LogP contribution < -0.4 is 33.8 Å². The Morgan fingerprint density at radius 3 is 1.42 bits per heavy atom. The number of methoxy groups -OCH3 is 2. The number of pyridine rings is 2. The first-order valence-electron chi connectivity index (χ1n) is 19.0. The van der Waals surface area contributed by atoms with Crippen LogP contribution in [0.5, 0.6) is 11.5 Å². The van der Waals surface area contributed by atoms with Crippen LogP contribution in [0.4, 0.5) is 45.8 Å². The molecule has 4 aromatic carbocycles. The monoisotopic (exact) mass is 759 g/mol. The van der Waals surface area contributed by atoms with Gasteiger partial charge in [0.05, 0.1) is 63.0 Å². The number of ether oxygens (including phenoxy) is 2. The van der Waals surface area contributed by atoms with Crippen LogP contribution in [0, 0.1) is 0 Å². The molecular formula is C45H47N10O2+3. The van der Waals surface area contributed by atoms with Crippen LogP contribution in [0.1, 0.15) is 12.8 Å². The summed E-state index contributed by atoms with van der Waals surface area (Å²) in [7, 11) is 3.33. The van der Waals surface area contributed by atoms with E-state index in [1.54, 1.807) is 14.2 Å². The molecule has 0 fully saturated rings. The second-order valence-electron chi connectivity index (χ2n) is 13.3. The Morgan fingerprint density at radius 1 is 0.491 bits per heavy atom. The van der Waals surface area contributed by atoms with Crippen molar-refractivity contribution < 1.29 is 23.2 Å².